The summed E-state index contributed by atoms with van der Waals surface area (Å²) in [4.78, 5) is 35.8. The second-order valence-electron chi connectivity index (χ2n) is 10.5. The average molecular weight is 551 g/mol. The summed E-state index contributed by atoms with van der Waals surface area (Å²) in [6.45, 7) is 4.67. The molecule has 208 valence electrons. The Morgan fingerprint density at radius 3 is 3.05 bits per heavy atom. The van der Waals surface area contributed by atoms with Crippen molar-refractivity contribution in [2.24, 2.45) is 0 Å². The van der Waals surface area contributed by atoms with Crippen LogP contribution in [0.25, 0.3) is 22.2 Å². The molecular formula is C29H30N10O2. The number of para-hydroxylation sites is 1. The average Bonchev–Trinajstić information content (AvgIpc) is 3.76. The Balaban J connectivity index is 1.04. The number of hydrogen-bond acceptors (Lipinski definition) is 9. The van der Waals surface area contributed by atoms with E-state index in [0.29, 0.717) is 18.4 Å². The molecule has 4 aromatic heterocycles. The quantitative estimate of drug-likeness (QED) is 0.264. The summed E-state index contributed by atoms with van der Waals surface area (Å²) >= 11 is 0. The van der Waals surface area contributed by atoms with Gasteiger partial charge in [-0.25, -0.2) is 19.9 Å². The second-order valence-corrected chi connectivity index (χ2v) is 10.5. The van der Waals surface area contributed by atoms with Gasteiger partial charge in [0.15, 0.2) is 5.82 Å². The van der Waals surface area contributed by atoms with Crippen molar-refractivity contribution < 1.29 is 9.53 Å². The van der Waals surface area contributed by atoms with Gasteiger partial charge in [0.25, 0.3) is 0 Å². The monoisotopic (exact) mass is 550 g/mol. The number of rotatable bonds is 8. The first-order valence-electron chi connectivity index (χ1n) is 13.8. The van der Waals surface area contributed by atoms with Crippen LogP contribution in [0.1, 0.15) is 24.1 Å². The predicted molar refractivity (Wildman–Crippen MR) is 154 cm³/mol. The Morgan fingerprint density at radius 2 is 2.17 bits per heavy atom. The molecule has 2 aliphatic heterocycles. The van der Waals surface area contributed by atoms with Gasteiger partial charge in [0, 0.05) is 67.0 Å². The molecule has 0 bridgehead atoms. The number of nitrogens with one attached hydrogen (secondary N) is 3. The normalized spacial score (nSPS) is 16.7. The summed E-state index contributed by atoms with van der Waals surface area (Å²) in [5.74, 6) is 1.72. The van der Waals surface area contributed by atoms with E-state index < -0.39 is 0 Å². The van der Waals surface area contributed by atoms with Gasteiger partial charge in [-0.05, 0) is 37.8 Å². The summed E-state index contributed by atoms with van der Waals surface area (Å²) in [5, 5.41) is 11.9. The highest BCUT2D eigenvalue weighted by molar-refractivity contribution is 6.06. The molecule has 1 unspecified atom stereocenters. The number of aromatic nitrogens is 7. The highest BCUT2D eigenvalue weighted by Gasteiger charge is 2.26. The van der Waals surface area contributed by atoms with Gasteiger partial charge in [-0.1, -0.05) is 12.1 Å². The maximum Gasteiger partial charge on any atom is 0.238 e. The molecule has 0 aliphatic carbocycles. The van der Waals surface area contributed by atoms with E-state index in [4.69, 9.17) is 9.72 Å². The Labute approximate surface area is 236 Å². The van der Waals surface area contributed by atoms with Crippen LogP contribution in [0.5, 0.6) is 5.88 Å². The van der Waals surface area contributed by atoms with E-state index in [1.807, 2.05) is 42.2 Å². The number of carbonyl (C=O) groups excluding carboxylic acids is 1. The molecule has 41 heavy (non-hydrogen) atoms. The van der Waals surface area contributed by atoms with Gasteiger partial charge >= 0.3 is 0 Å². The third kappa shape index (κ3) is 5.21. The van der Waals surface area contributed by atoms with Crippen molar-refractivity contribution in [1.29, 1.82) is 0 Å². The molecule has 1 atom stereocenters. The number of ether oxygens (including phenoxy) is 1. The fourth-order valence-corrected chi connectivity index (χ4v) is 5.61. The largest absolute Gasteiger partial charge is 0.473 e. The first-order chi connectivity index (χ1) is 20.1. The third-order valence-corrected chi connectivity index (χ3v) is 7.56. The molecule has 1 aromatic carbocycles. The molecular weight excluding hydrogens is 520 g/mol. The summed E-state index contributed by atoms with van der Waals surface area (Å²) in [5.41, 5.74) is 5.51. The summed E-state index contributed by atoms with van der Waals surface area (Å²) < 4.78 is 7.95. The van der Waals surface area contributed by atoms with Gasteiger partial charge in [0.2, 0.25) is 17.7 Å². The van der Waals surface area contributed by atoms with Gasteiger partial charge in [-0.2, -0.15) is 5.10 Å². The first-order valence-corrected chi connectivity index (χ1v) is 13.8. The zero-order valence-corrected chi connectivity index (χ0v) is 22.7. The fourth-order valence-electron chi connectivity index (χ4n) is 5.61. The van der Waals surface area contributed by atoms with Crippen LogP contribution in [-0.4, -0.2) is 71.2 Å². The highest BCUT2D eigenvalue weighted by Crippen LogP contribution is 2.33. The van der Waals surface area contributed by atoms with E-state index in [0.717, 1.165) is 71.6 Å². The number of fused-ring (bicyclic) bond motifs is 2. The lowest BCUT2D eigenvalue weighted by atomic mass is 10.1. The minimum atomic E-state index is -0.0759. The van der Waals surface area contributed by atoms with E-state index in [1.54, 1.807) is 12.3 Å². The minimum absolute atomic E-state index is 0.00268. The lowest BCUT2D eigenvalue weighted by Crippen LogP contribution is -2.33. The van der Waals surface area contributed by atoms with Crippen LogP contribution in [0.2, 0.25) is 0 Å². The number of hydrogen-bond donors (Lipinski definition) is 3. The second kappa shape index (κ2) is 10.6. The molecule has 6 heterocycles. The van der Waals surface area contributed by atoms with Gasteiger partial charge in [0.05, 0.1) is 23.4 Å². The standard InChI is InChI=1S/C29H30N10O2/c1-18-13-32-29(35-24-12-19-4-3-10-39(19)37-24)36-27(18)22-14-31-28-21(22)5-2-6-23(28)34-25(40)16-38-11-8-20(15-38)41-26-7-9-30-17-33-26/h2,5-7,9,12-14,17,20,31H,3-4,8,10-11,15-16H2,1H3,(H,34,40)(H,32,35,36,37). The van der Waals surface area contributed by atoms with Crippen LogP contribution in [0.3, 0.4) is 0 Å². The molecule has 12 heteroatoms. The van der Waals surface area contributed by atoms with Crippen LogP contribution in [0.4, 0.5) is 17.5 Å². The van der Waals surface area contributed by atoms with Crippen LogP contribution < -0.4 is 15.4 Å². The van der Waals surface area contributed by atoms with Crippen molar-refractivity contribution in [3.8, 4) is 17.1 Å². The third-order valence-electron chi connectivity index (χ3n) is 7.56. The number of aryl methyl sites for hydroxylation is 3. The van der Waals surface area contributed by atoms with Crippen LogP contribution in [0.15, 0.2) is 55.2 Å². The van der Waals surface area contributed by atoms with E-state index in [1.165, 1.54) is 12.0 Å². The van der Waals surface area contributed by atoms with Crippen molar-refractivity contribution >= 4 is 34.3 Å². The smallest absolute Gasteiger partial charge is 0.238 e. The number of benzene rings is 1. The Hall–Kier alpha value is -4.84. The molecule has 5 aromatic rings. The molecule has 0 radical (unpaired) electrons. The number of nitrogens with zero attached hydrogens (tertiary/aromatic N) is 7. The van der Waals surface area contributed by atoms with Crippen LogP contribution in [0, 0.1) is 6.92 Å². The van der Waals surface area contributed by atoms with E-state index >= 15 is 0 Å². The Kier molecular flexibility index (Phi) is 6.51. The lowest BCUT2D eigenvalue weighted by Gasteiger charge is -2.16. The van der Waals surface area contributed by atoms with Crippen molar-refractivity contribution in [2.45, 2.75) is 38.8 Å². The number of carbonyl (C=O) groups is 1. The van der Waals surface area contributed by atoms with Gasteiger partial charge < -0.3 is 20.4 Å². The van der Waals surface area contributed by atoms with Crippen molar-refractivity contribution in [1.82, 2.24) is 39.6 Å². The zero-order valence-electron chi connectivity index (χ0n) is 22.7. The number of anilines is 3. The van der Waals surface area contributed by atoms with Crippen LogP contribution in [-0.2, 0) is 17.8 Å². The topological polar surface area (TPSA) is 139 Å². The molecule has 1 saturated heterocycles. The molecule has 3 N–H and O–H groups in total. The zero-order chi connectivity index (χ0) is 27.8. The van der Waals surface area contributed by atoms with E-state index in [2.05, 4.69) is 46.6 Å². The predicted octanol–water partition coefficient (Wildman–Crippen LogP) is 3.70. The lowest BCUT2D eigenvalue weighted by molar-refractivity contribution is -0.117. The van der Waals surface area contributed by atoms with Crippen LogP contribution >= 0.6 is 0 Å². The van der Waals surface area contributed by atoms with Gasteiger partial charge in [0.1, 0.15) is 12.4 Å². The number of amides is 1. The summed E-state index contributed by atoms with van der Waals surface area (Å²) in [6, 6.07) is 9.68. The van der Waals surface area contributed by atoms with Gasteiger partial charge in [-0.15, -0.1) is 0 Å². The van der Waals surface area contributed by atoms with Gasteiger partial charge in [-0.3, -0.25) is 14.4 Å². The molecule has 1 amide bonds. The molecule has 7 rings (SSSR count). The Bertz CT molecular complexity index is 1690. The number of aromatic amines is 1. The van der Waals surface area contributed by atoms with Crippen molar-refractivity contribution in [2.75, 3.05) is 30.3 Å². The molecule has 1 fully saturated rings. The fraction of sp³-hybridized carbons (Fsp3) is 0.310. The summed E-state index contributed by atoms with van der Waals surface area (Å²) in [7, 11) is 0. The van der Waals surface area contributed by atoms with Crippen molar-refractivity contribution in [3.63, 3.8) is 0 Å². The van der Waals surface area contributed by atoms with E-state index in [9.17, 15) is 4.79 Å². The Morgan fingerprint density at radius 1 is 1.22 bits per heavy atom. The molecule has 12 nitrogen and oxygen atoms in total. The minimum Gasteiger partial charge on any atom is -0.473 e. The number of likely N-dealkylation sites (tertiary alicyclic amines) is 1. The van der Waals surface area contributed by atoms with Crippen molar-refractivity contribution in [3.05, 3.63) is 66.5 Å². The maximum atomic E-state index is 13.0. The highest BCUT2D eigenvalue weighted by atomic mass is 16.5. The summed E-state index contributed by atoms with van der Waals surface area (Å²) in [6.07, 6.45) is 9.88. The molecule has 0 saturated carbocycles. The van der Waals surface area contributed by atoms with E-state index in [-0.39, 0.29) is 18.6 Å². The maximum absolute atomic E-state index is 13.0. The first kappa shape index (κ1) is 25.1. The SMILES string of the molecule is Cc1cnc(Nc2cc3n(n2)CCC3)nc1-c1c[nH]c2c(NC(=O)CN3CCC(Oc4ccncn4)C3)cccc12. The number of H-pyrrole nitrogens is 1. The molecule has 2 aliphatic rings. The molecule has 0 spiro atoms.